The largest absolute Gasteiger partial charge is 2.00 e. The van der Waals surface area contributed by atoms with Crippen molar-refractivity contribution in [3.05, 3.63) is 76.0 Å². The third kappa shape index (κ3) is 16.7. The fourth-order valence-electron chi connectivity index (χ4n) is 4.41. The van der Waals surface area contributed by atoms with Gasteiger partial charge >= 0.3 is 74.2 Å². The molecule has 0 fully saturated rings. The molecule has 4 aromatic rings. The quantitative estimate of drug-likeness (QED) is 0.111. The van der Waals surface area contributed by atoms with Crippen molar-refractivity contribution in [3.8, 4) is 11.5 Å². The van der Waals surface area contributed by atoms with Crippen molar-refractivity contribution in [2.24, 2.45) is 14.1 Å². The maximum absolute atomic E-state index is 11.8. The zero-order valence-electron chi connectivity index (χ0n) is 29.0. The molecule has 53 heavy (non-hydrogen) atoms. The molecular formula is C37H64Br2N2O8P2U2. The Kier molecular flexibility index (Phi) is 46.8. The van der Waals surface area contributed by atoms with E-state index in [2.05, 4.69) is 51.3 Å². The molecule has 16 heteroatoms. The van der Waals surface area contributed by atoms with E-state index >= 15 is 0 Å². The van der Waals surface area contributed by atoms with Crippen LogP contribution in [-0.2, 0) is 36.8 Å². The van der Waals surface area contributed by atoms with Crippen molar-refractivity contribution in [1.29, 1.82) is 0 Å². The molecule has 10 nitrogen and oxygen atoms in total. The van der Waals surface area contributed by atoms with Crippen LogP contribution in [0.4, 0.5) is 0 Å². The molecule has 0 radical (unpaired) electrons. The molecule has 0 aliphatic rings. The SMILES string of the molecule is C.C.C.C.C.COC(=O)c1cc2c(Br)c(CO)c(OC)c(Br)c2n1C.COC(=O)c1cc2c(C)c(CO)c(OC)[c-]c2n1C.[CH2-]PC.[CH2-]PC.[CH3-].[U+2].[U+2]. The number of esters is 2. The zero-order chi connectivity index (χ0) is 34.6. The summed E-state index contributed by atoms with van der Waals surface area (Å²) in [7, 11) is 10.9. The maximum atomic E-state index is 11.8. The van der Waals surface area contributed by atoms with Gasteiger partial charge in [0, 0.05) is 41.9 Å². The maximum Gasteiger partial charge on any atom is 2.00 e. The number of nitrogens with zero attached hydrogens (tertiary/aromatic N) is 2. The predicted molar refractivity (Wildman–Crippen MR) is 232 cm³/mol. The van der Waals surface area contributed by atoms with Crippen LogP contribution in [0.1, 0.15) is 74.8 Å². The van der Waals surface area contributed by atoms with Crippen LogP contribution in [0.15, 0.2) is 21.1 Å². The topological polar surface area (TPSA) is 121 Å². The van der Waals surface area contributed by atoms with Crippen molar-refractivity contribution in [2.45, 2.75) is 57.3 Å². The predicted octanol–water partition coefficient (Wildman–Crippen LogP) is 10.4. The van der Waals surface area contributed by atoms with E-state index < -0.39 is 11.9 Å². The van der Waals surface area contributed by atoms with Gasteiger partial charge in [-0.15, -0.1) is 17.0 Å². The molecule has 2 aromatic carbocycles. The number of ether oxygens (including phenoxy) is 4. The fourth-order valence-corrected chi connectivity index (χ4v) is 5.90. The van der Waals surface area contributed by atoms with Crippen LogP contribution in [0.25, 0.3) is 21.8 Å². The van der Waals surface area contributed by atoms with E-state index in [0.29, 0.717) is 43.0 Å². The smallest absolute Gasteiger partial charge is 0.522 e. The van der Waals surface area contributed by atoms with E-state index in [1.165, 1.54) is 28.4 Å². The Balaban J connectivity index is -0.0000000978. The number of benzene rings is 2. The molecular weight excluding hydrogens is 1300 g/mol. The van der Waals surface area contributed by atoms with Crippen LogP contribution < -0.4 is 9.47 Å². The minimum absolute atomic E-state index is 0. The van der Waals surface area contributed by atoms with Gasteiger partial charge in [-0.2, -0.15) is 0 Å². The van der Waals surface area contributed by atoms with Gasteiger partial charge < -0.3 is 59.1 Å². The number of methoxy groups -OCH3 is 4. The summed E-state index contributed by atoms with van der Waals surface area (Å²) in [5.74, 6) is 0.192. The molecule has 0 aliphatic carbocycles. The van der Waals surface area contributed by atoms with Crippen LogP contribution in [0.5, 0.6) is 11.5 Å². The van der Waals surface area contributed by atoms with Crippen molar-refractivity contribution in [3.63, 3.8) is 0 Å². The van der Waals surface area contributed by atoms with E-state index in [0.717, 1.165) is 44.5 Å². The van der Waals surface area contributed by atoms with Gasteiger partial charge in [0.1, 0.15) is 17.1 Å². The number of carbonyl (C=O) groups is 2. The van der Waals surface area contributed by atoms with Gasteiger partial charge in [0.15, 0.2) is 0 Å². The second-order valence-electron chi connectivity index (χ2n) is 9.11. The number of fused-ring (bicyclic) bond motifs is 2. The van der Waals surface area contributed by atoms with E-state index in [1.807, 2.05) is 20.3 Å². The average Bonchev–Trinajstić information content (AvgIpc) is 3.56. The van der Waals surface area contributed by atoms with E-state index in [4.69, 9.17) is 18.9 Å². The van der Waals surface area contributed by atoms with Crippen LogP contribution in [0.3, 0.4) is 0 Å². The number of aryl methyl sites for hydroxylation is 3. The molecule has 302 valence electrons. The molecule has 2 unspecified atom stereocenters. The third-order valence-corrected chi connectivity index (χ3v) is 8.17. The first-order valence-corrected chi connectivity index (χ1v) is 18.2. The van der Waals surface area contributed by atoms with Gasteiger partial charge in [-0.25, -0.2) is 9.59 Å². The summed E-state index contributed by atoms with van der Waals surface area (Å²) >= 11 is 6.93. The van der Waals surface area contributed by atoms with Crippen LogP contribution in [-0.4, -0.2) is 73.1 Å². The summed E-state index contributed by atoms with van der Waals surface area (Å²) in [5.41, 5.74) is 4.55. The Morgan fingerprint density at radius 3 is 1.53 bits per heavy atom. The summed E-state index contributed by atoms with van der Waals surface area (Å²) in [6.45, 7) is 12.7. The first-order chi connectivity index (χ1) is 21.3. The Labute approximate surface area is 389 Å². The Hall–Kier alpha value is -0.0961. The third-order valence-electron chi connectivity index (χ3n) is 6.52. The standard InChI is InChI=1S/C14H16NO4.C13H13Br2NO4.2C2H6P.5CH4.CH3.2U/c1-8-9-5-12(14(17)19-4)15(2)11(9)6-13(18-3)10(8)7-16;1-16-8(13(18)20-3)4-6-9(14)7(5-17)12(19-2)10(15)11(6)16;2*1-3-2;;;;;;;;/h5,16H,7H2,1-4H3;4,17H,5H2,1-3H3;2*3H,1H2,2H3;5*1H4;1H3;;/q-1;;2*-1;;;;;;-1;2*+2. The molecule has 0 aliphatic heterocycles. The van der Waals surface area contributed by atoms with Gasteiger partial charge in [0.2, 0.25) is 0 Å². The van der Waals surface area contributed by atoms with Gasteiger partial charge in [0.05, 0.1) is 45.0 Å². The van der Waals surface area contributed by atoms with Gasteiger partial charge in [-0.1, -0.05) is 74.5 Å². The van der Waals surface area contributed by atoms with Gasteiger partial charge in [-0.3, -0.25) is 17.2 Å². The first kappa shape index (κ1) is 70.7. The summed E-state index contributed by atoms with van der Waals surface area (Å²) in [6.07, 6.45) is 0. The van der Waals surface area contributed by atoms with Crippen molar-refractivity contribution in [1.82, 2.24) is 9.13 Å². The molecule has 0 amide bonds. The molecule has 4 rings (SSSR count). The average molecular weight is 1360 g/mol. The summed E-state index contributed by atoms with van der Waals surface area (Å²) in [4.78, 5) is 23.5. The molecule has 0 bridgehead atoms. The van der Waals surface area contributed by atoms with Crippen LogP contribution >= 0.6 is 49.0 Å². The Bertz CT molecular complexity index is 1630. The minimum atomic E-state index is -0.424. The van der Waals surface area contributed by atoms with Crippen molar-refractivity contribution < 1.29 is 101 Å². The molecule has 2 heterocycles. The fraction of sp³-hybridized carbons (Fsp3) is 0.432. The number of aliphatic hydroxyl groups is 2. The van der Waals surface area contributed by atoms with E-state index in [1.54, 1.807) is 35.4 Å². The molecule has 2 N–H and O–H groups in total. The number of aliphatic hydroxyl groups excluding tert-OH is 2. The number of halogens is 2. The number of hydrogen-bond acceptors (Lipinski definition) is 8. The second kappa shape index (κ2) is 35.1. The summed E-state index contributed by atoms with van der Waals surface area (Å²) in [5, 5.41) is 20.6. The Morgan fingerprint density at radius 1 is 0.774 bits per heavy atom. The first-order valence-electron chi connectivity index (χ1n) is 13.2. The second-order valence-corrected chi connectivity index (χ2v) is 12.1. The normalized spacial score (nSPS) is 9.11. The molecule has 2 atom stereocenters. The Morgan fingerprint density at radius 2 is 1.17 bits per heavy atom. The van der Waals surface area contributed by atoms with E-state index in [-0.39, 0.29) is 120 Å². The van der Waals surface area contributed by atoms with Gasteiger partial charge in [0.25, 0.3) is 0 Å². The molecule has 0 spiro atoms. The zero-order valence-corrected chi connectivity index (χ0v) is 42.5. The monoisotopic (exact) mass is 1360 g/mol. The molecule has 2 aromatic heterocycles. The number of hydrogen-bond donors (Lipinski definition) is 2. The van der Waals surface area contributed by atoms with Crippen molar-refractivity contribution in [2.75, 3.05) is 41.8 Å². The molecule has 0 saturated carbocycles. The van der Waals surface area contributed by atoms with Crippen molar-refractivity contribution >= 4 is 82.8 Å². The number of aromatic nitrogens is 2. The summed E-state index contributed by atoms with van der Waals surface area (Å²) < 4.78 is 24.9. The molecule has 0 saturated heterocycles. The van der Waals surface area contributed by atoms with Crippen LogP contribution in [0.2, 0.25) is 0 Å². The minimum Gasteiger partial charge on any atom is -0.522 e. The van der Waals surface area contributed by atoms with Crippen LogP contribution in [0, 0.1) is 96.0 Å². The number of rotatable bonds is 6. The summed E-state index contributed by atoms with van der Waals surface area (Å²) in [6, 6.07) is 6.54. The number of carbonyl (C=O) groups excluding carboxylic acids is 2. The van der Waals surface area contributed by atoms with Gasteiger partial charge in [-0.05, 0) is 37.9 Å². The van der Waals surface area contributed by atoms with E-state index in [9.17, 15) is 19.8 Å².